The molecule has 2 bridgehead atoms. The Morgan fingerprint density at radius 2 is 1.15 bits per heavy atom. The van der Waals surface area contributed by atoms with E-state index in [1.165, 1.54) is 0 Å². The molecule has 2 fully saturated rings. The Morgan fingerprint density at radius 3 is 1.38 bits per heavy atom. The van der Waals surface area contributed by atoms with Crippen molar-refractivity contribution in [2.45, 2.75) is 51.2 Å². The summed E-state index contributed by atoms with van der Waals surface area (Å²) in [6.07, 6.45) is 0.468. The number of piperazine rings is 1. The largest absolute Gasteiger partial charge is 0.341 e. The number of fused-ring (bicyclic) bond motifs is 2. The summed E-state index contributed by atoms with van der Waals surface area (Å²) in [4.78, 5) is 4.69. The van der Waals surface area contributed by atoms with Crippen LogP contribution >= 0.6 is 0 Å². The molecule has 76 valence electrons. The van der Waals surface area contributed by atoms with Gasteiger partial charge < -0.3 is 4.74 Å². The number of nitrogens with zero attached hydrogens (tertiary/aromatic N) is 2. The Hall–Kier alpha value is -0.120. The first-order valence-electron chi connectivity index (χ1n) is 4.91. The third-order valence-electron chi connectivity index (χ3n) is 3.99. The lowest BCUT2D eigenvalue weighted by Gasteiger charge is -2.48. The molecule has 0 aromatic rings. The summed E-state index contributed by atoms with van der Waals surface area (Å²) in [5, 5.41) is 0. The minimum absolute atomic E-state index is 0.134. The molecule has 0 radical (unpaired) electrons. The summed E-state index contributed by atoms with van der Waals surface area (Å²) >= 11 is 0. The van der Waals surface area contributed by atoms with Crippen molar-refractivity contribution in [2.24, 2.45) is 0 Å². The fourth-order valence-corrected chi connectivity index (χ4v) is 2.54. The molecular formula is C10H20N2O. The van der Waals surface area contributed by atoms with Crippen molar-refractivity contribution >= 4 is 0 Å². The summed E-state index contributed by atoms with van der Waals surface area (Å²) < 4.78 is 5.98. The van der Waals surface area contributed by atoms with Crippen LogP contribution in [0.2, 0.25) is 0 Å². The van der Waals surface area contributed by atoms with E-state index in [4.69, 9.17) is 4.74 Å². The zero-order valence-corrected chi connectivity index (χ0v) is 9.46. The van der Waals surface area contributed by atoms with E-state index in [0.29, 0.717) is 0 Å². The quantitative estimate of drug-likeness (QED) is 0.561. The van der Waals surface area contributed by atoms with Gasteiger partial charge in [0.05, 0.1) is 11.1 Å². The van der Waals surface area contributed by atoms with Crippen molar-refractivity contribution in [2.75, 3.05) is 14.1 Å². The molecule has 2 heterocycles. The average molecular weight is 184 g/mol. The van der Waals surface area contributed by atoms with Crippen LogP contribution in [0.1, 0.15) is 27.7 Å². The highest BCUT2D eigenvalue weighted by Crippen LogP contribution is 2.46. The van der Waals surface area contributed by atoms with Gasteiger partial charge in [0, 0.05) is 0 Å². The van der Waals surface area contributed by atoms with Crippen molar-refractivity contribution in [3.05, 3.63) is 0 Å². The normalized spacial score (nSPS) is 42.9. The summed E-state index contributed by atoms with van der Waals surface area (Å²) in [7, 11) is 4.30. The smallest absolute Gasteiger partial charge is 0.131 e. The van der Waals surface area contributed by atoms with E-state index in [0.717, 1.165) is 0 Å². The molecule has 0 aliphatic carbocycles. The van der Waals surface area contributed by atoms with E-state index < -0.39 is 0 Å². The molecule has 3 heteroatoms. The molecular weight excluding hydrogens is 164 g/mol. The highest BCUT2D eigenvalue weighted by Gasteiger charge is 2.62. The minimum atomic E-state index is 0.134. The first-order chi connectivity index (χ1) is 5.79. The summed E-state index contributed by atoms with van der Waals surface area (Å²) in [5.74, 6) is 0. The van der Waals surface area contributed by atoms with Crippen molar-refractivity contribution in [1.82, 2.24) is 9.80 Å². The number of hydrogen-bond donors (Lipinski definition) is 0. The Labute approximate surface area is 80.6 Å². The highest BCUT2D eigenvalue weighted by atomic mass is 16.6. The monoisotopic (exact) mass is 184 g/mol. The lowest BCUT2D eigenvalue weighted by atomic mass is 9.90. The number of hydrogen-bond acceptors (Lipinski definition) is 3. The molecule has 0 N–H and O–H groups in total. The van der Waals surface area contributed by atoms with Crippen LogP contribution in [-0.2, 0) is 4.74 Å². The fraction of sp³-hybridized carbons (Fsp3) is 1.00. The summed E-state index contributed by atoms with van der Waals surface area (Å²) in [6.45, 7) is 8.96. The predicted octanol–water partition coefficient (Wildman–Crippen LogP) is 1.10. The van der Waals surface area contributed by atoms with E-state index in [9.17, 15) is 0 Å². The summed E-state index contributed by atoms with van der Waals surface area (Å²) in [6, 6.07) is 0. The zero-order valence-electron chi connectivity index (χ0n) is 9.46. The SMILES string of the molecule is CN1C2OC(N(C)C2(C)C)C1(C)C. The molecule has 2 aliphatic heterocycles. The van der Waals surface area contributed by atoms with Gasteiger partial charge in [-0.3, -0.25) is 9.80 Å². The van der Waals surface area contributed by atoms with E-state index in [-0.39, 0.29) is 23.5 Å². The molecule has 0 aromatic heterocycles. The molecule has 13 heavy (non-hydrogen) atoms. The first kappa shape index (κ1) is 9.44. The molecule has 0 spiro atoms. The molecule has 2 unspecified atom stereocenters. The minimum Gasteiger partial charge on any atom is -0.341 e. The van der Waals surface area contributed by atoms with Crippen LogP contribution in [0.15, 0.2) is 0 Å². The molecule has 0 aromatic carbocycles. The van der Waals surface area contributed by atoms with E-state index in [1.807, 2.05) is 0 Å². The number of ether oxygens (including phenoxy) is 1. The van der Waals surface area contributed by atoms with Crippen molar-refractivity contribution in [3.63, 3.8) is 0 Å². The van der Waals surface area contributed by atoms with Crippen molar-refractivity contribution < 1.29 is 4.74 Å². The van der Waals surface area contributed by atoms with Crippen molar-refractivity contribution in [1.29, 1.82) is 0 Å². The first-order valence-corrected chi connectivity index (χ1v) is 4.91. The van der Waals surface area contributed by atoms with Gasteiger partial charge in [-0.15, -0.1) is 0 Å². The van der Waals surface area contributed by atoms with E-state index >= 15 is 0 Å². The maximum absolute atomic E-state index is 5.98. The van der Waals surface area contributed by atoms with Crippen LogP contribution in [0.25, 0.3) is 0 Å². The van der Waals surface area contributed by atoms with Gasteiger partial charge >= 0.3 is 0 Å². The van der Waals surface area contributed by atoms with Gasteiger partial charge in [-0.1, -0.05) is 0 Å². The van der Waals surface area contributed by atoms with Crippen molar-refractivity contribution in [3.8, 4) is 0 Å². The second-order valence-electron chi connectivity index (χ2n) is 5.37. The van der Waals surface area contributed by atoms with Gasteiger partial charge in [-0.05, 0) is 41.8 Å². The Kier molecular flexibility index (Phi) is 1.65. The fourth-order valence-electron chi connectivity index (χ4n) is 2.54. The maximum atomic E-state index is 5.98. The second-order valence-corrected chi connectivity index (χ2v) is 5.37. The Morgan fingerprint density at radius 1 is 0.846 bits per heavy atom. The number of likely N-dealkylation sites (N-methyl/N-ethyl adjacent to an activating group) is 2. The molecule has 2 aliphatic rings. The van der Waals surface area contributed by atoms with Crippen LogP contribution in [0, 0.1) is 0 Å². The Balaban J connectivity index is 2.37. The van der Waals surface area contributed by atoms with Gasteiger partial charge in [0.2, 0.25) is 0 Å². The maximum Gasteiger partial charge on any atom is 0.131 e. The molecule has 0 amide bonds. The third kappa shape index (κ3) is 0.901. The second kappa shape index (κ2) is 2.27. The average Bonchev–Trinajstić information content (AvgIpc) is 2.35. The molecule has 2 saturated heterocycles. The molecule has 0 saturated carbocycles. The lowest BCUT2D eigenvalue weighted by molar-refractivity contribution is -0.0308. The van der Waals surface area contributed by atoms with Gasteiger partial charge in [0.15, 0.2) is 0 Å². The predicted molar refractivity (Wildman–Crippen MR) is 52.3 cm³/mol. The van der Waals surface area contributed by atoms with E-state index in [1.54, 1.807) is 0 Å². The van der Waals surface area contributed by atoms with Crippen LogP contribution in [-0.4, -0.2) is 47.4 Å². The molecule has 2 rings (SSSR count). The van der Waals surface area contributed by atoms with Gasteiger partial charge in [0.1, 0.15) is 12.5 Å². The topological polar surface area (TPSA) is 15.7 Å². The van der Waals surface area contributed by atoms with Gasteiger partial charge in [0.25, 0.3) is 0 Å². The lowest BCUT2D eigenvalue weighted by Crippen LogP contribution is -2.65. The number of rotatable bonds is 0. The highest BCUT2D eigenvalue weighted by molar-refractivity contribution is 5.09. The molecule has 2 atom stereocenters. The third-order valence-corrected chi connectivity index (χ3v) is 3.99. The molecule has 3 nitrogen and oxygen atoms in total. The van der Waals surface area contributed by atoms with Crippen LogP contribution in [0.4, 0.5) is 0 Å². The standard InChI is InChI=1S/C10H20N2O/c1-9(2)7-12(6)10(3,4)8(13-7)11(9)5/h7-8H,1-6H3. The van der Waals surface area contributed by atoms with E-state index in [2.05, 4.69) is 51.6 Å². The van der Waals surface area contributed by atoms with Crippen LogP contribution in [0.3, 0.4) is 0 Å². The van der Waals surface area contributed by atoms with Crippen LogP contribution < -0.4 is 0 Å². The van der Waals surface area contributed by atoms with Gasteiger partial charge in [-0.25, -0.2) is 0 Å². The van der Waals surface area contributed by atoms with Crippen LogP contribution in [0.5, 0.6) is 0 Å². The summed E-state index contributed by atoms with van der Waals surface area (Å²) in [5.41, 5.74) is 0.268. The Bertz CT molecular complexity index is 213. The van der Waals surface area contributed by atoms with Gasteiger partial charge in [-0.2, -0.15) is 0 Å². The zero-order chi connectivity index (χ0) is 10.0.